The molecule has 0 radical (unpaired) electrons. The molecule has 112 valence electrons. The topological polar surface area (TPSA) is 43.2 Å². The molecular formula is C13H14Br2N4OS. The number of halogens is 2. The van der Waals surface area contributed by atoms with Crippen molar-refractivity contribution in [2.24, 2.45) is 0 Å². The van der Waals surface area contributed by atoms with Gasteiger partial charge in [0, 0.05) is 5.38 Å². The van der Waals surface area contributed by atoms with Crippen molar-refractivity contribution < 1.29 is 4.74 Å². The number of hydrogen-bond donors (Lipinski definition) is 0. The monoisotopic (exact) mass is 432 g/mol. The molecule has 8 heteroatoms. The second-order valence-electron chi connectivity index (χ2n) is 5.37. The summed E-state index contributed by atoms with van der Waals surface area (Å²) in [6.45, 7) is 1.65. The first-order valence-corrected chi connectivity index (χ1v) is 9.41. The Hall–Kier alpha value is -0.440. The van der Waals surface area contributed by atoms with Gasteiger partial charge < -0.3 is 9.64 Å². The number of imidazole rings is 1. The van der Waals surface area contributed by atoms with Crippen LogP contribution in [0.3, 0.4) is 0 Å². The fourth-order valence-electron chi connectivity index (χ4n) is 3.10. The molecule has 0 unspecified atom stereocenters. The van der Waals surface area contributed by atoms with Crippen LogP contribution in [0.5, 0.6) is 0 Å². The van der Waals surface area contributed by atoms with Crippen LogP contribution in [-0.2, 0) is 4.74 Å². The lowest BCUT2D eigenvalue weighted by Crippen LogP contribution is -2.55. The number of ether oxygens (including phenoxy) is 1. The van der Waals surface area contributed by atoms with Gasteiger partial charge in [0.2, 0.25) is 0 Å². The van der Waals surface area contributed by atoms with Gasteiger partial charge in [-0.25, -0.2) is 9.97 Å². The summed E-state index contributed by atoms with van der Waals surface area (Å²) in [7, 11) is 0. The molecule has 2 saturated heterocycles. The molecule has 0 amide bonds. The summed E-state index contributed by atoms with van der Waals surface area (Å²) in [5.74, 6) is 0.907. The van der Waals surface area contributed by atoms with Gasteiger partial charge in [-0.05, 0) is 51.1 Å². The highest BCUT2D eigenvalue weighted by molar-refractivity contribution is 9.13. The van der Waals surface area contributed by atoms with Crippen molar-refractivity contribution in [3.63, 3.8) is 0 Å². The maximum atomic E-state index is 5.71. The molecule has 2 aliphatic rings. The molecule has 4 rings (SSSR count). The van der Waals surface area contributed by atoms with Gasteiger partial charge >= 0.3 is 0 Å². The van der Waals surface area contributed by atoms with E-state index in [1.807, 2.05) is 4.57 Å². The van der Waals surface area contributed by atoms with E-state index in [9.17, 15) is 0 Å². The second-order valence-corrected chi connectivity index (χ2v) is 7.71. The van der Waals surface area contributed by atoms with Crippen molar-refractivity contribution in [2.45, 2.75) is 31.3 Å². The number of hydrogen-bond acceptors (Lipinski definition) is 5. The standard InChI is InChI=1S/C13H14Br2N4OS/c14-11-12(15)18(7-16-11)10-6-21-13(17-10)19-8-2-1-3-9(19)5-20-4-8/h6-9H,1-5H2/t8-,9+. The van der Waals surface area contributed by atoms with Crippen LogP contribution in [0.15, 0.2) is 20.9 Å². The van der Waals surface area contributed by atoms with Crippen molar-refractivity contribution >= 4 is 48.3 Å². The molecule has 0 aromatic carbocycles. The highest BCUT2D eigenvalue weighted by Crippen LogP contribution is 2.35. The van der Waals surface area contributed by atoms with E-state index in [0.717, 1.165) is 33.4 Å². The minimum absolute atomic E-state index is 0.481. The number of nitrogens with zero attached hydrogens (tertiary/aromatic N) is 4. The third kappa shape index (κ3) is 2.46. The van der Waals surface area contributed by atoms with E-state index < -0.39 is 0 Å². The van der Waals surface area contributed by atoms with Crippen molar-refractivity contribution in [3.8, 4) is 5.82 Å². The van der Waals surface area contributed by atoms with Crippen LogP contribution in [0.2, 0.25) is 0 Å². The Kier molecular flexibility index (Phi) is 3.81. The Morgan fingerprint density at radius 1 is 1.24 bits per heavy atom. The highest BCUT2D eigenvalue weighted by atomic mass is 79.9. The molecule has 0 N–H and O–H groups in total. The Balaban J connectivity index is 1.66. The average Bonchev–Trinajstić information content (AvgIpc) is 3.06. The van der Waals surface area contributed by atoms with Gasteiger partial charge in [-0.1, -0.05) is 0 Å². The van der Waals surface area contributed by atoms with Crippen LogP contribution < -0.4 is 4.90 Å². The maximum Gasteiger partial charge on any atom is 0.188 e. The van der Waals surface area contributed by atoms with Crippen LogP contribution in [0, 0.1) is 0 Å². The van der Waals surface area contributed by atoms with Gasteiger partial charge in [-0.2, -0.15) is 0 Å². The molecule has 2 bridgehead atoms. The zero-order valence-corrected chi connectivity index (χ0v) is 15.2. The van der Waals surface area contributed by atoms with Crippen molar-refractivity contribution in [3.05, 3.63) is 20.9 Å². The lowest BCUT2D eigenvalue weighted by atomic mass is 9.95. The quantitative estimate of drug-likeness (QED) is 0.725. The highest BCUT2D eigenvalue weighted by Gasteiger charge is 2.36. The minimum Gasteiger partial charge on any atom is -0.377 e. The molecule has 5 nitrogen and oxygen atoms in total. The van der Waals surface area contributed by atoms with E-state index in [1.165, 1.54) is 19.3 Å². The summed E-state index contributed by atoms with van der Waals surface area (Å²) >= 11 is 8.63. The van der Waals surface area contributed by atoms with Gasteiger partial charge in [0.05, 0.1) is 25.3 Å². The molecule has 2 aliphatic heterocycles. The molecule has 2 aromatic heterocycles. The molecule has 2 fully saturated rings. The third-order valence-corrected chi connectivity index (χ3v) is 6.81. The Bertz CT molecular complexity index is 636. The Morgan fingerprint density at radius 3 is 2.67 bits per heavy atom. The molecule has 0 spiro atoms. The van der Waals surface area contributed by atoms with Crippen LogP contribution in [0.4, 0.5) is 5.13 Å². The summed E-state index contributed by atoms with van der Waals surface area (Å²) < 4.78 is 9.34. The van der Waals surface area contributed by atoms with E-state index in [-0.39, 0.29) is 0 Å². The number of morpholine rings is 1. The van der Waals surface area contributed by atoms with Crippen molar-refractivity contribution in [1.82, 2.24) is 14.5 Å². The Labute approximate surface area is 143 Å². The van der Waals surface area contributed by atoms with Gasteiger partial charge in [0.25, 0.3) is 0 Å². The van der Waals surface area contributed by atoms with Crippen molar-refractivity contribution in [1.29, 1.82) is 0 Å². The fraction of sp³-hybridized carbons (Fsp3) is 0.538. The smallest absolute Gasteiger partial charge is 0.188 e. The van der Waals surface area contributed by atoms with Crippen molar-refractivity contribution in [2.75, 3.05) is 18.1 Å². The van der Waals surface area contributed by atoms with Gasteiger partial charge in [-0.3, -0.25) is 4.57 Å². The predicted octanol–water partition coefficient (Wildman–Crippen LogP) is 3.61. The minimum atomic E-state index is 0.481. The van der Waals surface area contributed by atoms with Gasteiger partial charge in [0.1, 0.15) is 15.5 Å². The van der Waals surface area contributed by atoms with Crippen LogP contribution in [0.25, 0.3) is 5.82 Å². The normalized spacial score (nSPS) is 25.3. The average molecular weight is 434 g/mol. The first-order chi connectivity index (χ1) is 10.2. The molecule has 2 atom stereocenters. The van der Waals surface area contributed by atoms with Crippen LogP contribution in [0.1, 0.15) is 19.3 Å². The Morgan fingerprint density at radius 2 is 2.00 bits per heavy atom. The van der Waals surface area contributed by atoms with E-state index in [0.29, 0.717) is 12.1 Å². The number of anilines is 1. The zero-order chi connectivity index (χ0) is 14.4. The maximum absolute atomic E-state index is 5.71. The summed E-state index contributed by atoms with van der Waals surface area (Å²) in [5.41, 5.74) is 0. The zero-order valence-electron chi connectivity index (χ0n) is 11.2. The number of piperidine rings is 1. The predicted molar refractivity (Wildman–Crippen MR) is 89.4 cm³/mol. The second kappa shape index (κ2) is 5.64. The SMILES string of the molecule is Brc1ncn(-c2csc(N3[C@@H]4CCC[C@H]3COC4)n2)c1Br. The summed E-state index contributed by atoms with van der Waals surface area (Å²) in [4.78, 5) is 11.5. The van der Waals surface area contributed by atoms with E-state index in [1.54, 1.807) is 17.7 Å². The summed E-state index contributed by atoms with van der Waals surface area (Å²) in [6.07, 6.45) is 5.47. The molecule has 4 heterocycles. The van der Waals surface area contributed by atoms with E-state index in [2.05, 4.69) is 47.1 Å². The largest absolute Gasteiger partial charge is 0.377 e. The lowest BCUT2D eigenvalue weighted by molar-refractivity contribution is 0.0463. The van der Waals surface area contributed by atoms with Gasteiger partial charge in [0.15, 0.2) is 10.9 Å². The molecule has 0 aliphatic carbocycles. The van der Waals surface area contributed by atoms with Crippen LogP contribution in [-0.4, -0.2) is 39.8 Å². The molecule has 0 saturated carbocycles. The number of aromatic nitrogens is 3. The molecule has 21 heavy (non-hydrogen) atoms. The summed E-state index contributed by atoms with van der Waals surface area (Å²) in [5, 5.41) is 3.18. The number of thiazole rings is 1. The van der Waals surface area contributed by atoms with E-state index in [4.69, 9.17) is 9.72 Å². The van der Waals surface area contributed by atoms with E-state index >= 15 is 0 Å². The first-order valence-electron chi connectivity index (χ1n) is 6.94. The molecular weight excluding hydrogens is 420 g/mol. The third-order valence-electron chi connectivity index (χ3n) is 4.10. The molecule has 2 aromatic rings. The summed E-state index contributed by atoms with van der Waals surface area (Å²) in [6, 6.07) is 0.962. The first kappa shape index (κ1) is 14.2. The lowest BCUT2D eigenvalue weighted by Gasteiger charge is -2.45. The van der Waals surface area contributed by atoms with Gasteiger partial charge in [-0.15, -0.1) is 11.3 Å². The van der Waals surface area contributed by atoms with Crippen LogP contribution >= 0.6 is 43.2 Å². The number of rotatable bonds is 2. The fourth-order valence-corrected chi connectivity index (χ4v) is 4.70. The number of fused-ring (bicyclic) bond motifs is 2.